The molecule has 0 bridgehead atoms. The van der Waals surface area contributed by atoms with Gasteiger partial charge in [-0.3, -0.25) is 9.69 Å². The smallest absolute Gasteiger partial charge is 0.165 e. The number of benzene rings is 1. The van der Waals surface area contributed by atoms with Gasteiger partial charge in [-0.2, -0.15) is 0 Å². The van der Waals surface area contributed by atoms with Crippen molar-refractivity contribution in [2.45, 2.75) is 39.2 Å². The molecule has 0 aromatic heterocycles. The molecule has 0 aliphatic heterocycles. The van der Waals surface area contributed by atoms with Crippen molar-refractivity contribution in [1.82, 2.24) is 4.90 Å². The van der Waals surface area contributed by atoms with E-state index in [2.05, 4.69) is 18.7 Å². The van der Waals surface area contributed by atoms with Gasteiger partial charge in [-0.15, -0.1) is 0 Å². The standard InChI is InChI=1S/C16H21Cl2NO/c1-11(2)10-19(12-6-7-12)9-8-15(20)13-4-3-5-14(17)16(13)18/h3-5,11-12H,6-10H2,1-2H3. The molecule has 1 saturated carbocycles. The summed E-state index contributed by atoms with van der Waals surface area (Å²) in [5.74, 6) is 0.701. The van der Waals surface area contributed by atoms with Gasteiger partial charge >= 0.3 is 0 Å². The minimum atomic E-state index is 0.0758. The van der Waals surface area contributed by atoms with Crippen LogP contribution in [0.4, 0.5) is 0 Å². The number of hydrogen-bond donors (Lipinski definition) is 0. The fourth-order valence-electron chi connectivity index (χ4n) is 2.43. The van der Waals surface area contributed by atoms with E-state index in [1.165, 1.54) is 12.8 Å². The van der Waals surface area contributed by atoms with Gasteiger partial charge in [0.15, 0.2) is 5.78 Å². The zero-order valence-corrected chi connectivity index (χ0v) is 13.5. The molecule has 1 aromatic carbocycles. The third-order valence-corrected chi connectivity index (χ3v) is 4.36. The molecule has 0 spiro atoms. The van der Waals surface area contributed by atoms with Crippen LogP contribution in [-0.2, 0) is 0 Å². The number of ketones is 1. The van der Waals surface area contributed by atoms with Gasteiger partial charge in [0, 0.05) is 31.1 Å². The third-order valence-electron chi connectivity index (χ3n) is 3.54. The van der Waals surface area contributed by atoms with Crippen molar-refractivity contribution in [3.63, 3.8) is 0 Å². The van der Waals surface area contributed by atoms with Crippen LogP contribution < -0.4 is 0 Å². The van der Waals surface area contributed by atoms with Crippen LogP contribution >= 0.6 is 23.2 Å². The summed E-state index contributed by atoms with van der Waals surface area (Å²) in [6.07, 6.45) is 3.03. The summed E-state index contributed by atoms with van der Waals surface area (Å²) in [4.78, 5) is 14.7. The van der Waals surface area contributed by atoms with Gasteiger partial charge in [-0.1, -0.05) is 43.1 Å². The van der Waals surface area contributed by atoms with E-state index in [1.807, 2.05) is 0 Å². The lowest BCUT2D eigenvalue weighted by Crippen LogP contribution is -2.32. The summed E-state index contributed by atoms with van der Waals surface area (Å²) in [7, 11) is 0. The van der Waals surface area contributed by atoms with E-state index >= 15 is 0 Å². The van der Waals surface area contributed by atoms with Crippen molar-refractivity contribution in [3.05, 3.63) is 33.8 Å². The molecule has 4 heteroatoms. The number of rotatable bonds is 7. The Labute approximate surface area is 131 Å². The first-order valence-electron chi connectivity index (χ1n) is 7.20. The first-order valence-corrected chi connectivity index (χ1v) is 7.96. The Morgan fingerprint density at radius 3 is 2.65 bits per heavy atom. The minimum Gasteiger partial charge on any atom is -0.300 e. The molecule has 1 aliphatic carbocycles. The molecule has 110 valence electrons. The highest BCUT2D eigenvalue weighted by Gasteiger charge is 2.29. The summed E-state index contributed by atoms with van der Waals surface area (Å²) in [6.45, 7) is 6.29. The molecule has 0 N–H and O–H groups in total. The van der Waals surface area contributed by atoms with E-state index in [-0.39, 0.29) is 5.78 Å². The molecule has 0 amide bonds. The molecule has 2 rings (SSSR count). The number of hydrogen-bond acceptors (Lipinski definition) is 2. The number of halogens is 2. The molecule has 0 heterocycles. The van der Waals surface area contributed by atoms with Crippen molar-refractivity contribution in [1.29, 1.82) is 0 Å². The van der Waals surface area contributed by atoms with E-state index in [0.29, 0.717) is 34.0 Å². The summed E-state index contributed by atoms with van der Waals surface area (Å²) in [5.41, 5.74) is 0.541. The van der Waals surface area contributed by atoms with Crippen LogP contribution in [0.3, 0.4) is 0 Å². The molecule has 0 unspecified atom stereocenters. The predicted molar refractivity (Wildman–Crippen MR) is 84.8 cm³/mol. The Balaban J connectivity index is 1.95. The summed E-state index contributed by atoms with van der Waals surface area (Å²) < 4.78 is 0. The maximum absolute atomic E-state index is 12.3. The van der Waals surface area contributed by atoms with Crippen molar-refractivity contribution >= 4 is 29.0 Å². The third kappa shape index (κ3) is 4.21. The van der Waals surface area contributed by atoms with Crippen molar-refractivity contribution in [3.8, 4) is 0 Å². The predicted octanol–water partition coefficient (Wildman–Crippen LogP) is 4.69. The zero-order chi connectivity index (χ0) is 14.7. The molecular weight excluding hydrogens is 293 g/mol. The molecule has 0 saturated heterocycles. The van der Waals surface area contributed by atoms with Gasteiger partial charge in [0.25, 0.3) is 0 Å². The van der Waals surface area contributed by atoms with Crippen LogP contribution in [0, 0.1) is 5.92 Å². The highest BCUT2D eigenvalue weighted by atomic mass is 35.5. The Morgan fingerprint density at radius 1 is 1.35 bits per heavy atom. The SMILES string of the molecule is CC(C)CN(CCC(=O)c1cccc(Cl)c1Cl)C1CC1. The van der Waals surface area contributed by atoms with Crippen LogP contribution in [0.1, 0.15) is 43.5 Å². The van der Waals surface area contributed by atoms with Crippen LogP contribution in [0.5, 0.6) is 0 Å². The monoisotopic (exact) mass is 313 g/mol. The molecule has 1 aliphatic rings. The van der Waals surface area contributed by atoms with Crippen LogP contribution in [0.25, 0.3) is 0 Å². The van der Waals surface area contributed by atoms with Gasteiger partial charge in [0.05, 0.1) is 10.0 Å². The average Bonchev–Trinajstić information content (AvgIpc) is 3.21. The lowest BCUT2D eigenvalue weighted by molar-refractivity contribution is 0.0958. The summed E-state index contributed by atoms with van der Waals surface area (Å²) in [6, 6.07) is 5.91. The first-order chi connectivity index (χ1) is 9.49. The molecule has 1 fully saturated rings. The van der Waals surface area contributed by atoms with E-state index in [9.17, 15) is 4.79 Å². The van der Waals surface area contributed by atoms with Crippen molar-refractivity contribution in [2.24, 2.45) is 5.92 Å². The number of Topliss-reactive ketones (excluding diaryl/α,β-unsaturated/α-hetero) is 1. The highest BCUT2D eigenvalue weighted by molar-refractivity contribution is 6.43. The van der Waals surface area contributed by atoms with Gasteiger partial charge in [-0.05, 0) is 30.9 Å². The summed E-state index contributed by atoms with van der Waals surface area (Å²) >= 11 is 12.1. The average molecular weight is 314 g/mol. The summed E-state index contributed by atoms with van der Waals surface area (Å²) in [5, 5.41) is 0.819. The van der Waals surface area contributed by atoms with Gasteiger partial charge in [-0.25, -0.2) is 0 Å². The minimum absolute atomic E-state index is 0.0758. The quantitative estimate of drug-likeness (QED) is 0.681. The van der Waals surface area contributed by atoms with E-state index in [4.69, 9.17) is 23.2 Å². The van der Waals surface area contributed by atoms with Gasteiger partial charge < -0.3 is 0 Å². The van der Waals surface area contributed by atoms with E-state index < -0.39 is 0 Å². The number of nitrogens with zero attached hydrogens (tertiary/aromatic N) is 1. The molecule has 0 atom stereocenters. The lowest BCUT2D eigenvalue weighted by Gasteiger charge is -2.23. The maximum atomic E-state index is 12.3. The number of carbonyl (C=O) groups is 1. The largest absolute Gasteiger partial charge is 0.300 e. The Kier molecular flexibility index (Phi) is 5.48. The maximum Gasteiger partial charge on any atom is 0.165 e. The topological polar surface area (TPSA) is 20.3 Å². The van der Waals surface area contributed by atoms with E-state index in [0.717, 1.165) is 13.1 Å². The van der Waals surface area contributed by atoms with E-state index in [1.54, 1.807) is 18.2 Å². The fourth-order valence-corrected chi connectivity index (χ4v) is 2.84. The Hall–Kier alpha value is -0.570. The molecular formula is C16H21Cl2NO. The Morgan fingerprint density at radius 2 is 2.05 bits per heavy atom. The lowest BCUT2D eigenvalue weighted by atomic mass is 10.1. The molecule has 1 aromatic rings. The second-order valence-electron chi connectivity index (χ2n) is 5.89. The normalized spacial score (nSPS) is 15.1. The molecule has 2 nitrogen and oxygen atoms in total. The van der Waals surface area contributed by atoms with Gasteiger partial charge in [0.2, 0.25) is 0 Å². The second kappa shape index (κ2) is 6.93. The van der Waals surface area contributed by atoms with Crippen molar-refractivity contribution < 1.29 is 4.79 Å². The van der Waals surface area contributed by atoms with Crippen molar-refractivity contribution in [2.75, 3.05) is 13.1 Å². The van der Waals surface area contributed by atoms with Crippen LogP contribution in [0.15, 0.2) is 18.2 Å². The van der Waals surface area contributed by atoms with Gasteiger partial charge in [0.1, 0.15) is 0 Å². The fraction of sp³-hybridized carbons (Fsp3) is 0.562. The second-order valence-corrected chi connectivity index (χ2v) is 6.68. The molecule has 20 heavy (non-hydrogen) atoms. The van der Waals surface area contributed by atoms with Crippen LogP contribution in [0.2, 0.25) is 10.0 Å². The first kappa shape index (κ1) is 15.8. The molecule has 0 radical (unpaired) electrons. The van der Waals surface area contributed by atoms with Crippen LogP contribution in [-0.4, -0.2) is 29.8 Å². The zero-order valence-electron chi connectivity index (χ0n) is 12.0. The highest BCUT2D eigenvalue weighted by Crippen LogP contribution is 2.29. The number of carbonyl (C=O) groups excluding carboxylic acids is 1. The Bertz CT molecular complexity index is 483.